The van der Waals surface area contributed by atoms with Gasteiger partial charge in [-0.3, -0.25) is 0 Å². The van der Waals surface area contributed by atoms with Gasteiger partial charge in [0.2, 0.25) is 0 Å². The Labute approximate surface area is 165 Å². The van der Waals surface area contributed by atoms with E-state index in [0.717, 1.165) is 0 Å². The lowest BCUT2D eigenvalue weighted by Crippen LogP contribution is -2.71. The Kier molecular flexibility index (Phi) is 8.46. The first-order valence-corrected chi connectivity index (χ1v) is 9.02. The highest BCUT2D eigenvalue weighted by atomic mass is 127. The molecule has 0 radical (unpaired) electrons. The van der Waals surface area contributed by atoms with Gasteiger partial charge in [-0.1, -0.05) is 49.3 Å². The molecule has 0 spiro atoms. The summed E-state index contributed by atoms with van der Waals surface area (Å²) in [6, 6.07) is 0. The second-order valence-corrected chi connectivity index (χ2v) is 7.72. The van der Waals surface area contributed by atoms with E-state index in [9.17, 15) is 57.1 Å². The molecule has 0 aromatic carbocycles. The van der Waals surface area contributed by atoms with Crippen molar-refractivity contribution >= 4 is 22.6 Å². The fourth-order valence-corrected chi connectivity index (χ4v) is 3.83. The molecule has 2 atom stereocenters. The smallest absolute Gasteiger partial charge is 0.199 e. The Bertz CT molecular complexity index is 512. The first-order chi connectivity index (χ1) is 12.2. The molecule has 0 saturated carbocycles. The third-order valence-electron chi connectivity index (χ3n) is 4.02. The van der Waals surface area contributed by atoms with Crippen LogP contribution in [0.2, 0.25) is 0 Å². The number of hydrogen-bond donors (Lipinski definition) is 0. The van der Waals surface area contributed by atoms with E-state index in [1.807, 2.05) is 0 Å². The van der Waals surface area contributed by atoms with Crippen molar-refractivity contribution in [3.63, 3.8) is 0 Å². The van der Waals surface area contributed by atoms with Crippen LogP contribution in [0.15, 0.2) is 0 Å². The van der Waals surface area contributed by atoms with Gasteiger partial charge in [0, 0.05) is 9.84 Å². The van der Waals surface area contributed by atoms with E-state index in [1.54, 1.807) is 0 Å². The first-order valence-electron chi connectivity index (χ1n) is 7.78. The Hall–Kier alpha value is -0.180. The molecular formula is C14H16F13I. The van der Waals surface area contributed by atoms with Crippen LogP contribution in [0, 0.1) is 5.92 Å². The van der Waals surface area contributed by atoms with Crippen LogP contribution in [0.3, 0.4) is 0 Å². The summed E-state index contributed by atoms with van der Waals surface area (Å²) in [7, 11) is 0. The van der Waals surface area contributed by atoms with Crippen molar-refractivity contribution in [3.8, 4) is 0 Å². The van der Waals surface area contributed by atoms with E-state index in [-0.39, 0.29) is 19.3 Å². The van der Waals surface area contributed by atoms with Gasteiger partial charge in [-0.15, -0.1) is 0 Å². The Morgan fingerprint density at radius 1 is 0.571 bits per heavy atom. The van der Waals surface area contributed by atoms with Gasteiger partial charge in [-0.25, -0.2) is 0 Å². The minimum absolute atomic E-state index is 0.105. The summed E-state index contributed by atoms with van der Waals surface area (Å²) in [5.41, 5.74) is 0. The van der Waals surface area contributed by atoms with E-state index in [0.29, 0.717) is 0 Å². The molecule has 0 amide bonds. The highest BCUT2D eigenvalue weighted by molar-refractivity contribution is 14.1. The second-order valence-electron chi connectivity index (χ2n) is 6.12. The average Bonchev–Trinajstić information content (AvgIpc) is 2.50. The first kappa shape index (κ1) is 27.8. The highest BCUT2D eigenvalue weighted by Gasteiger charge is 2.91. The van der Waals surface area contributed by atoms with Crippen molar-refractivity contribution < 1.29 is 57.1 Å². The summed E-state index contributed by atoms with van der Waals surface area (Å²) in [5, 5.41) is 0. The van der Waals surface area contributed by atoms with Crippen molar-refractivity contribution in [3.05, 3.63) is 0 Å². The van der Waals surface area contributed by atoms with E-state index < -0.39 is 52.1 Å². The maximum atomic E-state index is 14.2. The fourth-order valence-electron chi connectivity index (χ4n) is 2.39. The largest absolute Gasteiger partial charge is 0.460 e. The molecule has 0 aliphatic heterocycles. The molecule has 0 rings (SSSR count). The van der Waals surface area contributed by atoms with Gasteiger partial charge in [0.1, 0.15) is 0 Å². The molecule has 28 heavy (non-hydrogen) atoms. The normalized spacial score (nSPS) is 17.6. The van der Waals surface area contributed by atoms with Crippen molar-refractivity contribution in [1.29, 1.82) is 0 Å². The molecule has 0 unspecified atom stereocenters. The number of rotatable bonds is 10. The summed E-state index contributed by atoms with van der Waals surface area (Å²) < 4.78 is 170. The van der Waals surface area contributed by atoms with Gasteiger partial charge in [-0.05, 0) is 12.8 Å². The Morgan fingerprint density at radius 3 is 1.25 bits per heavy atom. The molecule has 170 valence electrons. The molecule has 14 heteroatoms. The summed E-state index contributed by atoms with van der Waals surface area (Å²) in [6.07, 6.45) is -8.69. The van der Waals surface area contributed by atoms with Crippen LogP contribution >= 0.6 is 22.6 Å². The zero-order valence-corrected chi connectivity index (χ0v) is 16.4. The molecule has 0 N–H and O–H groups in total. The van der Waals surface area contributed by atoms with E-state index >= 15 is 0 Å². The number of hydrogen-bond acceptors (Lipinski definition) is 0. The molecular weight excluding hydrogens is 542 g/mol. The van der Waals surface area contributed by atoms with Gasteiger partial charge in [0.15, 0.2) is 0 Å². The van der Waals surface area contributed by atoms with Crippen LogP contribution in [0.5, 0.6) is 0 Å². The third-order valence-corrected chi connectivity index (χ3v) is 5.52. The lowest BCUT2D eigenvalue weighted by molar-refractivity contribution is -0.443. The molecule has 0 nitrogen and oxygen atoms in total. The van der Waals surface area contributed by atoms with E-state index in [4.69, 9.17) is 0 Å². The summed E-state index contributed by atoms with van der Waals surface area (Å²) in [5.74, 6) is -39.1. The monoisotopic (exact) mass is 558 g/mol. The van der Waals surface area contributed by atoms with Crippen molar-refractivity contribution in [2.45, 2.75) is 79.2 Å². The van der Waals surface area contributed by atoms with Crippen LogP contribution < -0.4 is 0 Å². The zero-order chi connectivity index (χ0) is 23.0. The molecule has 0 heterocycles. The zero-order valence-electron chi connectivity index (χ0n) is 14.3. The maximum Gasteiger partial charge on any atom is 0.460 e. The molecule has 0 aromatic rings. The van der Waals surface area contributed by atoms with Crippen molar-refractivity contribution in [2.75, 3.05) is 0 Å². The van der Waals surface area contributed by atoms with Crippen molar-refractivity contribution in [2.24, 2.45) is 5.92 Å². The summed E-state index contributed by atoms with van der Waals surface area (Å²) >= 11 is 1.20. The predicted octanol–water partition coefficient (Wildman–Crippen LogP) is 7.75. The molecule has 0 fully saturated rings. The predicted molar refractivity (Wildman–Crippen MR) is 81.9 cm³/mol. The fraction of sp³-hybridized carbons (Fsp3) is 1.00. The molecule has 0 bridgehead atoms. The van der Waals surface area contributed by atoms with Crippen LogP contribution in [0.1, 0.15) is 39.5 Å². The Balaban J connectivity index is 6.43. The number of halogens is 14. The van der Waals surface area contributed by atoms with Crippen molar-refractivity contribution in [1.82, 2.24) is 0 Å². The minimum Gasteiger partial charge on any atom is -0.199 e. The van der Waals surface area contributed by atoms with Gasteiger partial charge in [-0.2, -0.15) is 57.1 Å². The second kappa shape index (κ2) is 8.52. The Morgan fingerprint density at radius 2 is 0.929 bits per heavy atom. The van der Waals surface area contributed by atoms with Crippen LogP contribution in [0.4, 0.5) is 57.1 Å². The van der Waals surface area contributed by atoms with Crippen LogP contribution in [-0.4, -0.2) is 39.7 Å². The molecule has 0 saturated heterocycles. The van der Waals surface area contributed by atoms with Crippen LogP contribution in [-0.2, 0) is 0 Å². The van der Waals surface area contributed by atoms with Gasteiger partial charge in [0.25, 0.3) is 0 Å². The quantitative estimate of drug-likeness (QED) is 0.146. The SMILES string of the molecule is CCC[C@H]([C@@H](I)CCC)C(F)(F)C(F)(F)C(F)(F)C(F)(F)C(F)(F)C(F)(F)F. The van der Waals surface area contributed by atoms with Gasteiger partial charge in [0.05, 0.1) is 0 Å². The topological polar surface area (TPSA) is 0 Å². The lowest BCUT2D eigenvalue weighted by atomic mass is 9.82. The minimum atomic E-state index is -7.84. The lowest BCUT2D eigenvalue weighted by Gasteiger charge is -2.42. The molecule has 0 aliphatic carbocycles. The van der Waals surface area contributed by atoms with E-state index in [1.165, 1.54) is 36.4 Å². The van der Waals surface area contributed by atoms with Gasteiger partial charge < -0.3 is 0 Å². The molecule has 0 aromatic heterocycles. The number of alkyl halides is 14. The summed E-state index contributed by atoms with van der Waals surface area (Å²) in [6.45, 7) is 2.60. The third kappa shape index (κ3) is 4.30. The highest BCUT2D eigenvalue weighted by Crippen LogP contribution is 2.62. The maximum absolute atomic E-state index is 14.2. The van der Waals surface area contributed by atoms with Crippen LogP contribution in [0.25, 0.3) is 0 Å². The standard InChI is InChI=1S/C14H16F13I/c1-3-5-7(8(28)6-4-2)9(15,16)10(17,18)11(19,20)12(21,22)13(23,24)14(25,26)27/h7-8H,3-6H2,1-2H3/t7-,8+/m1/s1. The van der Waals surface area contributed by atoms with Gasteiger partial charge >= 0.3 is 35.8 Å². The molecule has 0 aliphatic rings. The van der Waals surface area contributed by atoms with E-state index in [2.05, 4.69) is 0 Å². The summed E-state index contributed by atoms with van der Waals surface area (Å²) in [4.78, 5) is 0. The average molecular weight is 558 g/mol.